The molecule has 0 aromatic heterocycles. The Balaban J connectivity index is 0.000000196. The maximum atomic E-state index is 5.77. The third-order valence-electron chi connectivity index (χ3n) is 4.00. The molecule has 4 fully saturated rings. The van der Waals surface area contributed by atoms with E-state index in [1.807, 2.05) is 0 Å². The van der Waals surface area contributed by atoms with Gasteiger partial charge in [-0.25, -0.2) is 5.41 Å². The molecule has 13 heavy (non-hydrogen) atoms. The molecule has 0 atom stereocenters. The predicted molar refractivity (Wildman–Crippen MR) is 57.0 cm³/mol. The van der Waals surface area contributed by atoms with E-state index in [9.17, 15) is 0 Å². The Hall–Kier alpha value is -0.200. The van der Waals surface area contributed by atoms with Crippen LogP contribution >= 0.6 is 12.2 Å². The van der Waals surface area contributed by atoms with Crippen LogP contribution in [0.5, 0.6) is 0 Å². The van der Waals surface area contributed by atoms with Gasteiger partial charge in [0, 0.05) is 0 Å². The summed E-state index contributed by atoms with van der Waals surface area (Å²) in [6, 6.07) is 0. The first-order valence-corrected chi connectivity index (χ1v) is 5.76. The highest BCUT2D eigenvalue weighted by Crippen LogP contribution is 2.53. The lowest BCUT2D eigenvalue weighted by atomic mass is 9.56. The summed E-state index contributed by atoms with van der Waals surface area (Å²) in [5.41, 5.74) is 0. The monoisotopic (exact) mass is 195 g/mol. The summed E-state index contributed by atoms with van der Waals surface area (Å²) in [5, 5.41) is 7.36. The van der Waals surface area contributed by atoms with Gasteiger partial charge in [0.25, 0.3) is 0 Å². The van der Waals surface area contributed by atoms with Gasteiger partial charge in [0.1, 0.15) is 0 Å². The van der Waals surface area contributed by atoms with E-state index < -0.39 is 0 Å². The van der Waals surface area contributed by atoms with Gasteiger partial charge in [-0.1, -0.05) is 0 Å². The van der Waals surface area contributed by atoms with E-state index >= 15 is 0 Å². The van der Waals surface area contributed by atoms with Crippen LogP contribution in [-0.4, -0.2) is 5.16 Å². The van der Waals surface area contributed by atoms with Crippen LogP contribution in [0.25, 0.3) is 0 Å². The van der Waals surface area contributed by atoms with Gasteiger partial charge in [-0.3, -0.25) is 0 Å². The SMILES string of the molecule is C1C2CC3CC1CC(C2)C3.N=C=S. The van der Waals surface area contributed by atoms with Gasteiger partial charge in [-0.05, 0) is 74.4 Å². The molecule has 4 bridgehead atoms. The number of nitrogens with one attached hydrogen (secondary N) is 1. The van der Waals surface area contributed by atoms with E-state index in [0.717, 1.165) is 0 Å². The molecule has 0 aromatic carbocycles. The fourth-order valence-corrected chi connectivity index (χ4v) is 3.98. The minimum absolute atomic E-state index is 1.18. The van der Waals surface area contributed by atoms with Crippen LogP contribution in [-0.2, 0) is 0 Å². The van der Waals surface area contributed by atoms with Crippen molar-refractivity contribution in [2.45, 2.75) is 38.5 Å². The Morgan fingerprint density at radius 2 is 0.923 bits per heavy atom. The molecule has 0 aliphatic heterocycles. The van der Waals surface area contributed by atoms with Crippen molar-refractivity contribution in [2.75, 3.05) is 0 Å². The lowest BCUT2D eigenvalue weighted by Crippen LogP contribution is -2.38. The van der Waals surface area contributed by atoms with E-state index in [4.69, 9.17) is 5.41 Å². The van der Waals surface area contributed by atoms with Gasteiger partial charge >= 0.3 is 0 Å². The minimum atomic E-state index is 1.18. The van der Waals surface area contributed by atoms with Crippen LogP contribution < -0.4 is 0 Å². The molecular weight excluding hydrogens is 178 g/mol. The van der Waals surface area contributed by atoms with E-state index in [1.165, 1.54) is 23.7 Å². The van der Waals surface area contributed by atoms with Crippen molar-refractivity contribution in [1.82, 2.24) is 0 Å². The molecule has 0 heterocycles. The standard InChI is InChI=1S/C10H16.CHNS/c1-7-2-9-4-8(1)5-10(3-7)6-9;2-1-3/h7-10H,1-6H2;2H. The van der Waals surface area contributed by atoms with Gasteiger partial charge in [0.15, 0.2) is 0 Å². The van der Waals surface area contributed by atoms with Crippen molar-refractivity contribution in [3.63, 3.8) is 0 Å². The maximum Gasteiger partial charge on any atom is 0.0554 e. The summed E-state index contributed by atoms with van der Waals surface area (Å²) in [6.45, 7) is 0. The molecule has 0 aromatic rings. The molecule has 4 saturated carbocycles. The van der Waals surface area contributed by atoms with Crippen molar-refractivity contribution in [2.24, 2.45) is 23.7 Å². The van der Waals surface area contributed by atoms with Crippen molar-refractivity contribution in [3.8, 4) is 0 Å². The highest BCUT2D eigenvalue weighted by molar-refractivity contribution is 7.78. The van der Waals surface area contributed by atoms with Crippen molar-refractivity contribution in [3.05, 3.63) is 0 Å². The lowest BCUT2D eigenvalue weighted by Gasteiger charge is -2.49. The first kappa shape index (κ1) is 9.36. The molecule has 72 valence electrons. The molecule has 0 unspecified atom stereocenters. The minimum Gasteiger partial charge on any atom is -0.248 e. The Labute approximate surface area is 85.4 Å². The number of thiocarbonyl (C=S) groups is 1. The number of rotatable bonds is 0. The molecule has 0 radical (unpaired) electrons. The van der Waals surface area contributed by atoms with E-state index in [0.29, 0.717) is 0 Å². The molecule has 2 heteroatoms. The topological polar surface area (TPSA) is 23.9 Å². The van der Waals surface area contributed by atoms with Crippen LogP contribution in [0.4, 0.5) is 0 Å². The van der Waals surface area contributed by atoms with Gasteiger partial charge in [-0.2, -0.15) is 0 Å². The normalized spacial score (nSPS) is 44.9. The van der Waals surface area contributed by atoms with E-state index in [1.54, 1.807) is 43.7 Å². The molecule has 1 nitrogen and oxygen atoms in total. The molecule has 4 rings (SSSR count). The molecule has 1 N–H and O–H groups in total. The Kier molecular flexibility index (Phi) is 2.80. The second-order valence-corrected chi connectivity index (χ2v) is 5.18. The second kappa shape index (κ2) is 3.89. The summed E-state index contributed by atoms with van der Waals surface area (Å²) >= 11 is 3.81. The molecular formula is C11H17NS. The van der Waals surface area contributed by atoms with E-state index in [2.05, 4.69) is 12.2 Å². The number of isothiocyanates is 1. The zero-order chi connectivity index (χ0) is 9.26. The quantitative estimate of drug-likeness (QED) is 0.464. The predicted octanol–water partition coefficient (Wildman–Crippen LogP) is 3.50. The molecule has 0 spiro atoms. The summed E-state index contributed by atoms with van der Waals surface area (Å²) in [6.07, 6.45) is 9.62. The van der Waals surface area contributed by atoms with Crippen molar-refractivity contribution in [1.29, 1.82) is 5.41 Å². The van der Waals surface area contributed by atoms with Gasteiger partial charge in [-0.15, -0.1) is 0 Å². The summed E-state index contributed by atoms with van der Waals surface area (Å²) in [4.78, 5) is 0. The third kappa shape index (κ3) is 2.00. The first-order valence-electron chi connectivity index (χ1n) is 5.35. The zero-order valence-corrected chi connectivity index (χ0v) is 8.78. The van der Waals surface area contributed by atoms with E-state index in [-0.39, 0.29) is 0 Å². The molecule has 4 aliphatic rings. The van der Waals surface area contributed by atoms with Gasteiger partial charge in [0.2, 0.25) is 0 Å². The Morgan fingerprint density at radius 3 is 1.08 bits per heavy atom. The average molecular weight is 195 g/mol. The zero-order valence-electron chi connectivity index (χ0n) is 7.96. The van der Waals surface area contributed by atoms with Crippen LogP contribution in [0, 0.1) is 29.1 Å². The first-order chi connectivity index (χ1) is 6.31. The van der Waals surface area contributed by atoms with Gasteiger partial charge in [0.05, 0.1) is 5.16 Å². The second-order valence-electron chi connectivity index (χ2n) is 4.98. The highest BCUT2D eigenvalue weighted by Gasteiger charge is 2.41. The summed E-state index contributed by atoms with van der Waals surface area (Å²) < 4.78 is 0. The summed E-state index contributed by atoms with van der Waals surface area (Å²) in [5.74, 6) is 4.71. The van der Waals surface area contributed by atoms with Gasteiger partial charge < -0.3 is 0 Å². The summed E-state index contributed by atoms with van der Waals surface area (Å²) in [7, 11) is 0. The van der Waals surface area contributed by atoms with Crippen LogP contribution in [0.1, 0.15) is 38.5 Å². The fraction of sp³-hybridized carbons (Fsp3) is 0.909. The largest absolute Gasteiger partial charge is 0.248 e. The Morgan fingerprint density at radius 1 is 0.769 bits per heavy atom. The Bertz CT molecular complexity index is 162. The number of hydrogen-bond acceptors (Lipinski definition) is 2. The van der Waals surface area contributed by atoms with Crippen molar-refractivity contribution >= 4 is 17.4 Å². The highest BCUT2D eigenvalue weighted by atomic mass is 32.1. The average Bonchev–Trinajstić information content (AvgIpc) is 2.01. The lowest BCUT2D eigenvalue weighted by molar-refractivity contribution is 0.0198. The van der Waals surface area contributed by atoms with Crippen molar-refractivity contribution < 1.29 is 0 Å². The number of hydrogen-bond donors (Lipinski definition) is 1. The van der Waals surface area contributed by atoms with Crippen LogP contribution in [0.3, 0.4) is 0 Å². The van der Waals surface area contributed by atoms with Crippen LogP contribution in [0.15, 0.2) is 0 Å². The smallest absolute Gasteiger partial charge is 0.0554 e. The molecule has 0 saturated heterocycles. The fourth-order valence-electron chi connectivity index (χ4n) is 3.98. The molecule has 4 aliphatic carbocycles. The molecule has 0 amide bonds. The van der Waals surface area contributed by atoms with Crippen LogP contribution in [0.2, 0.25) is 0 Å². The third-order valence-corrected chi connectivity index (χ3v) is 4.00. The maximum absolute atomic E-state index is 5.77.